The van der Waals surface area contributed by atoms with Gasteiger partial charge in [0, 0.05) is 6.42 Å². The molecule has 0 atom stereocenters. The molecule has 4 heteroatoms. The molecule has 1 fully saturated rings. The summed E-state index contributed by atoms with van der Waals surface area (Å²) in [4.78, 5) is 22.9. The maximum atomic E-state index is 11.5. The van der Waals surface area contributed by atoms with Gasteiger partial charge in [0.05, 0.1) is 18.1 Å². The van der Waals surface area contributed by atoms with Gasteiger partial charge in [0.25, 0.3) is 0 Å². The maximum Gasteiger partial charge on any atom is 0.337 e. The van der Waals surface area contributed by atoms with Crippen LogP contribution in [0.1, 0.15) is 40.0 Å². The lowest BCUT2D eigenvalue weighted by molar-refractivity contribution is -0.142. The van der Waals surface area contributed by atoms with Crippen molar-refractivity contribution in [2.75, 3.05) is 6.61 Å². The Labute approximate surface area is 95.6 Å². The average molecular weight is 226 g/mol. The van der Waals surface area contributed by atoms with Gasteiger partial charge >= 0.3 is 11.9 Å². The van der Waals surface area contributed by atoms with E-state index >= 15 is 0 Å². The zero-order valence-corrected chi connectivity index (χ0v) is 10.0. The highest BCUT2D eigenvalue weighted by Gasteiger charge is 2.32. The first-order chi connectivity index (χ1) is 7.60. The molecule has 0 N–H and O–H groups in total. The minimum atomic E-state index is -0.414. The van der Waals surface area contributed by atoms with Gasteiger partial charge in [-0.25, -0.2) is 4.79 Å². The standard InChI is InChI=1S/C12H18O4/c1-4-10(8(3)11(13)15-5-2)16-12(14)9-6-7-9/h9H,4-7H2,1-3H3/b10-8+. The lowest BCUT2D eigenvalue weighted by atomic mass is 10.2. The van der Waals surface area contributed by atoms with Gasteiger partial charge < -0.3 is 9.47 Å². The Morgan fingerprint density at radius 3 is 2.31 bits per heavy atom. The minimum Gasteiger partial charge on any atom is -0.463 e. The third kappa shape index (κ3) is 3.36. The fourth-order valence-corrected chi connectivity index (χ4v) is 1.29. The van der Waals surface area contributed by atoms with Crippen molar-refractivity contribution in [3.8, 4) is 0 Å². The highest BCUT2D eigenvalue weighted by molar-refractivity contribution is 5.89. The van der Waals surface area contributed by atoms with Crippen LogP contribution in [0.3, 0.4) is 0 Å². The second kappa shape index (κ2) is 5.68. The largest absolute Gasteiger partial charge is 0.463 e. The molecule has 0 bridgehead atoms. The lowest BCUT2D eigenvalue weighted by Crippen LogP contribution is -2.12. The van der Waals surface area contributed by atoms with Crippen LogP contribution >= 0.6 is 0 Å². The number of hydrogen-bond acceptors (Lipinski definition) is 4. The summed E-state index contributed by atoms with van der Waals surface area (Å²) in [5, 5.41) is 0. The van der Waals surface area contributed by atoms with Gasteiger partial charge in [-0.3, -0.25) is 4.79 Å². The van der Waals surface area contributed by atoms with Gasteiger partial charge in [-0.2, -0.15) is 0 Å². The zero-order chi connectivity index (χ0) is 12.1. The van der Waals surface area contributed by atoms with Crippen molar-refractivity contribution in [2.24, 2.45) is 5.92 Å². The van der Waals surface area contributed by atoms with E-state index in [0.29, 0.717) is 24.4 Å². The van der Waals surface area contributed by atoms with Crippen LogP contribution in [0, 0.1) is 5.92 Å². The van der Waals surface area contributed by atoms with Crippen molar-refractivity contribution in [3.63, 3.8) is 0 Å². The molecule has 1 rings (SSSR count). The Balaban J connectivity index is 2.65. The van der Waals surface area contributed by atoms with Gasteiger partial charge in [0.15, 0.2) is 0 Å². The van der Waals surface area contributed by atoms with E-state index in [4.69, 9.17) is 9.47 Å². The second-order valence-corrected chi connectivity index (χ2v) is 3.82. The van der Waals surface area contributed by atoms with E-state index in [1.54, 1.807) is 13.8 Å². The SMILES string of the molecule is CCOC(=O)/C(C)=C(\CC)OC(=O)C1CC1. The van der Waals surface area contributed by atoms with Crippen LogP contribution in [-0.2, 0) is 19.1 Å². The fourth-order valence-electron chi connectivity index (χ4n) is 1.29. The van der Waals surface area contributed by atoms with Crippen molar-refractivity contribution in [1.29, 1.82) is 0 Å². The number of allylic oxidation sites excluding steroid dienone is 1. The summed E-state index contributed by atoms with van der Waals surface area (Å²) in [6.07, 6.45) is 2.31. The molecule has 0 spiro atoms. The van der Waals surface area contributed by atoms with E-state index in [1.807, 2.05) is 6.92 Å². The molecular weight excluding hydrogens is 208 g/mol. The van der Waals surface area contributed by atoms with Crippen molar-refractivity contribution in [3.05, 3.63) is 11.3 Å². The van der Waals surface area contributed by atoms with Crippen LogP contribution in [0.5, 0.6) is 0 Å². The van der Waals surface area contributed by atoms with E-state index in [2.05, 4.69) is 0 Å². The van der Waals surface area contributed by atoms with E-state index < -0.39 is 5.97 Å². The first-order valence-electron chi connectivity index (χ1n) is 5.68. The summed E-state index contributed by atoms with van der Waals surface area (Å²) in [5.41, 5.74) is 0.387. The predicted octanol–water partition coefficient (Wildman–Crippen LogP) is 2.19. The molecular formula is C12H18O4. The quantitative estimate of drug-likeness (QED) is 0.409. The van der Waals surface area contributed by atoms with Crippen LogP contribution in [-0.4, -0.2) is 18.5 Å². The summed E-state index contributed by atoms with van der Waals surface area (Å²) in [5.74, 6) is -0.171. The molecule has 0 saturated heterocycles. The summed E-state index contributed by atoms with van der Waals surface area (Å²) in [6.45, 7) is 5.53. The van der Waals surface area contributed by atoms with Gasteiger partial charge in [-0.05, 0) is 26.7 Å². The molecule has 1 aliphatic carbocycles. The molecule has 0 heterocycles. The van der Waals surface area contributed by atoms with Crippen molar-refractivity contribution >= 4 is 11.9 Å². The monoisotopic (exact) mass is 226 g/mol. The number of hydrogen-bond donors (Lipinski definition) is 0. The molecule has 0 unspecified atom stereocenters. The summed E-state index contributed by atoms with van der Waals surface area (Å²) in [7, 11) is 0. The van der Waals surface area contributed by atoms with Crippen LogP contribution in [0.25, 0.3) is 0 Å². The topological polar surface area (TPSA) is 52.6 Å². The first kappa shape index (κ1) is 12.7. The first-order valence-corrected chi connectivity index (χ1v) is 5.68. The molecule has 0 aliphatic heterocycles. The van der Waals surface area contributed by atoms with Crippen LogP contribution in [0.15, 0.2) is 11.3 Å². The van der Waals surface area contributed by atoms with Crippen molar-refractivity contribution in [2.45, 2.75) is 40.0 Å². The number of rotatable bonds is 5. The minimum absolute atomic E-state index is 0.0385. The van der Waals surface area contributed by atoms with E-state index in [0.717, 1.165) is 12.8 Å². The molecule has 0 amide bonds. The predicted molar refractivity (Wildman–Crippen MR) is 58.4 cm³/mol. The Morgan fingerprint density at radius 1 is 1.25 bits per heavy atom. The van der Waals surface area contributed by atoms with Gasteiger partial charge in [0.1, 0.15) is 5.76 Å². The molecule has 0 aromatic carbocycles. The van der Waals surface area contributed by atoms with E-state index in [9.17, 15) is 9.59 Å². The summed E-state index contributed by atoms with van der Waals surface area (Å²) in [6, 6.07) is 0. The number of esters is 2. The molecule has 4 nitrogen and oxygen atoms in total. The van der Waals surface area contributed by atoms with Crippen molar-refractivity contribution < 1.29 is 19.1 Å². The van der Waals surface area contributed by atoms with E-state index in [1.165, 1.54) is 0 Å². The molecule has 1 saturated carbocycles. The Bertz CT molecular complexity index is 313. The van der Waals surface area contributed by atoms with Gasteiger partial charge in [-0.15, -0.1) is 0 Å². The van der Waals surface area contributed by atoms with Gasteiger partial charge in [-0.1, -0.05) is 6.92 Å². The molecule has 16 heavy (non-hydrogen) atoms. The van der Waals surface area contributed by atoms with E-state index in [-0.39, 0.29) is 11.9 Å². The molecule has 1 aliphatic rings. The van der Waals surface area contributed by atoms with Gasteiger partial charge in [0.2, 0.25) is 0 Å². The fraction of sp³-hybridized carbons (Fsp3) is 0.667. The third-order valence-electron chi connectivity index (χ3n) is 2.46. The molecule has 0 aromatic heterocycles. The van der Waals surface area contributed by atoms with Crippen LogP contribution in [0.4, 0.5) is 0 Å². The van der Waals surface area contributed by atoms with Crippen LogP contribution in [0.2, 0.25) is 0 Å². The number of carbonyl (C=O) groups excluding carboxylic acids is 2. The smallest absolute Gasteiger partial charge is 0.337 e. The lowest BCUT2D eigenvalue weighted by Gasteiger charge is -2.10. The Morgan fingerprint density at radius 2 is 1.88 bits per heavy atom. The van der Waals surface area contributed by atoms with Crippen molar-refractivity contribution in [1.82, 2.24) is 0 Å². The normalized spacial score (nSPS) is 16.4. The molecule has 90 valence electrons. The second-order valence-electron chi connectivity index (χ2n) is 3.82. The summed E-state index contributed by atoms with van der Waals surface area (Å²) < 4.78 is 10.0. The summed E-state index contributed by atoms with van der Waals surface area (Å²) >= 11 is 0. The average Bonchev–Trinajstić information content (AvgIpc) is 3.08. The Hall–Kier alpha value is -1.32. The molecule has 0 aromatic rings. The Kier molecular flexibility index (Phi) is 4.52. The highest BCUT2D eigenvalue weighted by Crippen LogP contribution is 2.31. The van der Waals surface area contributed by atoms with Crippen LogP contribution < -0.4 is 0 Å². The number of ether oxygens (including phenoxy) is 2. The maximum absolute atomic E-state index is 11.5. The zero-order valence-electron chi connectivity index (χ0n) is 10.0. The molecule has 0 radical (unpaired) electrons. The highest BCUT2D eigenvalue weighted by atomic mass is 16.5. The number of carbonyl (C=O) groups is 2. The third-order valence-corrected chi connectivity index (χ3v) is 2.46.